The van der Waals surface area contributed by atoms with Gasteiger partial charge in [0.1, 0.15) is 11.7 Å². The summed E-state index contributed by atoms with van der Waals surface area (Å²) in [6, 6.07) is 9.45. The van der Waals surface area contributed by atoms with Crippen molar-refractivity contribution in [1.82, 2.24) is 4.90 Å². The van der Waals surface area contributed by atoms with Crippen LogP contribution in [0.2, 0.25) is 0 Å². The summed E-state index contributed by atoms with van der Waals surface area (Å²) in [6.07, 6.45) is 4.88. The van der Waals surface area contributed by atoms with E-state index in [-0.39, 0.29) is 11.7 Å². The molecule has 20 heavy (non-hydrogen) atoms. The van der Waals surface area contributed by atoms with Crippen molar-refractivity contribution < 1.29 is 9.13 Å². The third-order valence-corrected chi connectivity index (χ3v) is 3.50. The fraction of sp³-hybridized carbons (Fsp3) is 0.312. The lowest BCUT2D eigenvalue weighted by Gasteiger charge is -2.34. The molecule has 0 saturated carbocycles. The molecule has 0 amide bonds. The van der Waals surface area contributed by atoms with E-state index in [0.717, 1.165) is 5.56 Å². The first-order chi connectivity index (χ1) is 9.50. The number of likely N-dealkylation sites (N-methyl/N-ethyl adjacent to an activating group) is 1. The molecule has 0 saturated heterocycles. The molecule has 0 aliphatic heterocycles. The Labute approximate surface area is 118 Å². The minimum Gasteiger partial charge on any atom is -0.364 e. The second kappa shape index (κ2) is 5.59. The first-order valence-corrected chi connectivity index (χ1v) is 6.44. The molecule has 2 rings (SSSR count). The molecule has 1 N–H and O–H groups in total. The van der Waals surface area contributed by atoms with Crippen LogP contribution in [0.15, 0.2) is 54.4 Å². The van der Waals surface area contributed by atoms with Gasteiger partial charge in [-0.2, -0.15) is 0 Å². The fourth-order valence-electron chi connectivity index (χ4n) is 2.32. The Bertz CT molecular complexity index is 551. The normalized spacial score (nSPS) is 25.2. The highest BCUT2D eigenvalue weighted by Gasteiger charge is 2.36. The number of hydrogen-bond acceptors (Lipinski definition) is 2. The summed E-state index contributed by atoms with van der Waals surface area (Å²) in [6.45, 7) is 0. The number of nitrogens with zero attached hydrogens (tertiary/aromatic N) is 1. The standard InChI is InChI=1S/C16H19FN2O/c1-19(2)15(18)16(20-3)10-9-13(14(17)11-16)12-7-5-4-6-8-12/h4-11,13,18H,1-3H3. The van der Waals surface area contributed by atoms with Crippen molar-refractivity contribution in [3.05, 3.63) is 60.0 Å². The molecule has 0 fully saturated rings. The van der Waals surface area contributed by atoms with Gasteiger partial charge >= 0.3 is 0 Å². The first-order valence-electron chi connectivity index (χ1n) is 6.44. The van der Waals surface area contributed by atoms with E-state index >= 15 is 0 Å². The average Bonchev–Trinajstić information content (AvgIpc) is 2.47. The number of allylic oxidation sites excluding steroid dienone is 2. The number of amidine groups is 1. The molecule has 2 unspecified atom stereocenters. The van der Waals surface area contributed by atoms with E-state index in [1.165, 1.54) is 13.2 Å². The van der Waals surface area contributed by atoms with Crippen LogP contribution in [-0.4, -0.2) is 37.5 Å². The van der Waals surface area contributed by atoms with Crippen LogP contribution in [0.3, 0.4) is 0 Å². The zero-order valence-electron chi connectivity index (χ0n) is 11.9. The van der Waals surface area contributed by atoms with Gasteiger partial charge in [0, 0.05) is 21.2 Å². The summed E-state index contributed by atoms with van der Waals surface area (Å²) in [5, 5.41) is 8.08. The van der Waals surface area contributed by atoms with Crippen LogP contribution in [0.1, 0.15) is 11.5 Å². The zero-order valence-corrected chi connectivity index (χ0v) is 11.9. The smallest absolute Gasteiger partial charge is 0.163 e. The average molecular weight is 274 g/mol. The van der Waals surface area contributed by atoms with Gasteiger partial charge in [-0.25, -0.2) is 4.39 Å². The van der Waals surface area contributed by atoms with Crippen LogP contribution in [-0.2, 0) is 4.74 Å². The number of methoxy groups -OCH3 is 1. The number of nitrogens with one attached hydrogen (secondary N) is 1. The minimum atomic E-state index is -1.13. The van der Waals surface area contributed by atoms with Crippen molar-refractivity contribution in [3.63, 3.8) is 0 Å². The molecule has 1 aliphatic carbocycles. The highest BCUT2D eigenvalue weighted by Crippen LogP contribution is 2.35. The summed E-state index contributed by atoms with van der Waals surface area (Å²) < 4.78 is 19.8. The summed E-state index contributed by atoms with van der Waals surface area (Å²) in [5.74, 6) is -0.514. The van der Waals surface area contributed by atoms with Crippen molar-refractivity contribution >= 4 is 5.84 Å². The van der Waals surface area contributed by atoms with Crippen molar-refractivity contribution in [3.8, 4) is 0 Å². The highest BCUT2D eigenvalue weighted by atomic mass is 19.1. The molecule has 3 nitrogen and oxygen atoms in total. The van der Waals surface area contributed by atoms with E-state index in [4.69, 9.17) is 10.1 Å². The molecule has 1 aromatic rings. The molecule has 0 spiro atoms. The Kier molecular flexibility index (Phi) is 4.04. The molecular formula is C16H19FN2O. The largest absolute Gasteiger partial charge is 0.364 e. The lowest BCUT2D eigenvalue weighted by molar-refractivity contribution is 0.116. The molecule has 4 heteroatoms. The van der Waals surface area contributed by atoms with Crippen molar-refractivity contribution in [2.45, 2.75) is 11.5 Å². The summed E-state index contributed by atoms with van der Waals surface area (Å²) >= 11 is 0. The Morgan fingerprint density at radius 2 is 1.95 bits per heavy atom. The Morgan fingerprint density at radius 3 is 2.45 bits per heavy atom. The van der Waals surface area contributed by atoms with E-state index in [0.29, 0.717) is 0 Å². The molecule has 1 aromatic carbocycles. The molecular weight excluding hydrogens is 255 g/mol. The Morgan fingerprint density at radius 1 is 1.30 bits per heavy atom. The maximum atomic E-state index is 14.5. The minimum absolute atomic E-state index is 0.193. The third kappa shape index (κ3) is 2.51. The van der Waals surface area contributed by atoms with Crippen LogP contribution in [0, 0.1) is 5.41 Å². The monoisotopic (exact) mass is 274 g/mol. The summed E-state index contributed by atoms with van der Waals surface area (Å²) in [7, 11) is 4.97. The third-order valence-electron chi connectivity index (χ3n) is 3.50. The maximum Gasteiger partial charge on any atom is 0.163 e. The van der Waals surface area contributed by atoms with Gasteiger partial charge < -0.3 is 9.64 Å². The van der Waals surface area contributed by atoms with Gasteiger partial charge in [-0.05, 0) is 17.7 Å². The first kappa shape index (κ1) is 14.5. The lowest BCUT2D eigenvalue weighted by atomic mass is 9.86. The van der Waals surface area contributed by atoms with Gasteiger partial charge in [-0.15, -0.1) is 0 Å². The maximum absolute atomic E-state index is 14.5. The van der Waals surface area contributed by atoms with E-state index in [2.05, 4.69) is 0 Å². The number of halogens is 1. The van der Waals surface area contributed by atoms with E-state index in [9.17, 15) is 4.39 Å². The van der Waals surface area contributed by atoms with Crippen LogP contribution in [0.4, 0.5) is 4.39 Å². The second-order valence-corrected chi connectivity index (χ2v) is 5.02. The van der Waals surface area contributed by atoms with E-state index in [1.807, 2.05) is 30.3 Å². The van der Waals surface area contributed by atoms with Gasteiger partial charge in [-0.1, -0.05) is 36.4 Å². The molecule has 1 aliphatic rings. The number of rotatable bonds is 3. The molecule has 2 atom stereocenters. The predicted molar refractivity (Wildman–Crippen MR) is 78.7 cm³/mol. The summed E-state index contributed by atoms with van der Waals surface area (Å²) in [4.78, 5) is 1.61. The number of hydrogen-bond donors (Lipinski definition) is 1. The van der Waals surface area contributed by atoms with Crippen LogP contribution in [0.5, 0.6) is 0 Å². The SMILES string of the molecule is COC1(C(=N)N(C)C)C=CC(c2ccccc2)C(F)=C1. The van der Waals surface area contributed by atoms with Gasteiger partial charge in [0.05, 0.1) is 5.92 Å². The Balaban J connectivity index is 2.35. The van der Waals surface area contributed by atoms with Crippen molar-refractivity contribution in [2.75, 3.05) is 21.2 Å². The molecule has 106 valence electrons. The fourth-order valence-corrected chi connectivity index (χ4v) is 2.32. The second-order valence-electron chi connectivity index (χ2n) is 5.02. The Hall–Kier alpha value is -1.94. The topological polar surface area (TPSA) is 36.3 Å². The van der Waals surface area contributed by atoms with Crippen molar-refractivity contribution in [2.24, 2.45) is 0 Å². The highest BCUT2D eigenvalue weighted by molar-refractivity contribution is 5.92. The van der Waals surface area contributed by atoms with Gasteiger partial charge in [-0.3, -0.25) is 5.41 Å². The summed E-state index contributed by atoms with van der Waals surface area (Å²) in [5.41, 5.74) is -0.239. The van der Waals surface area contributed by atoms with E-state index in [1.54, 1.807) is 31.1 Å². The van der Waals surface area contributed by atoms with Gasteiger partial charge in [0.2, 0.25) is 0 Å². The van der Waals surface area contributed by atoms with Crippen molar-refractivity contribution in [1.29, 1.82) is 5.41 Å². The lowest BCUT2D eigenvalue weighted by Crippen LogP contribution is -2.45. The zero-order chi connectivity index (χ0) is 14.8. The van der Waals surface area contributed by atoms with E-state index < -0.39 is 11.5 Å². The molecule has 0 heterocycles. The van der Waals surface area contributed by atoms with Gasteiger partial charge in [0.25, 0.3) is 0 Å². The van der Waals surface area contributed by atoms with Crippen LogP contribution < -0.4 is 0 Å². The quantitative estimate of drug-likeness (QED) is 0.522. The molecule has 0 aromatic heterocycles. The van der Waals surface area contributed by atoms with Crippen LogP contribution in [0.25, 0.3) is 0 Å². The number of benzene rings is 1. The van der Waals surface area contributed by atoms with Crippen LogP contribution >= 0.6 is 0 Å². The molecule has 0 bridgehead atoms. The number of ether oxygens (including phenoxy) is 1. The predicted octanol–water partition coefficient (Wildman–Crippen LogP) is 3.12. The van der Waals surface area contributed by atoms with Gasteiger partial charge in [0.15, 0.2) is 5.60 Å². The molecule has 0 radical (unpaired) electrons.